The van der Waals surface area contributed by atoms with Crippen molar-refractivity contribution in [2.75, 3.05) is 6.61 Å². The maximum Gasteiger partial charge on any atom is 0.352 e. The summed E-state index contributed by atoms with van der Waals surface area (Å²) in [4.78, 5) is 26.8. The van der Waals surface area contributed by atoms with Crippen molar-refractivity contribution < 1.29 is 24.2 Å². The summed E-state index contributed by atoms with van der Waals surface area (Å²) in [7, 11) is -1.24. The number of ether oxygens (including phenoxy) is 2. The number of aromatic carboxylic acids is 1. The number of carboxylic acid groups (broad SMARTS) is 1. The molecule has 0 amide bonds. The molecule has 0 unspecified atom stereocenters. The van der Waals surface area contributed by atoms with Gasteiger partial charge in [0.15, 0.2) is 0 Å². The van der Waals surface area contributed by atoms with Crippen molar-refractivity contribution >= 4 is 30.9 Å². The van der Waals surface area contributed by atoms with E-state index in [1.54, 1.807) is 0 Å². The highest BCUT2D eigenvalue weighted by Gasteiger charge is 2.18. The Bertz CT molecular complexity index is 1070. The van der Waals surface area contributed by atoms with E-state index in [1.165, 1.54) is 0 Å². The Labute approximate surface area is 189 Å². The summed E-state index contributed by atoms with van der Waals surface area (Å²) in [6.07, 6.45) is 1.25. The number of esters is 1. The monoisotopic (exact) mass is 453 g/mol. The lowest BCUT2D eigenvalue weighted by Crippen LogP contribution is -2.22. The van der Waals surface area contributed by atoms with Crippen LogP contribution in [0.2, 0.25) is 25.7 Å². The van der Waals surface area contributed by atoms with Crippen LogP contribution < -0.4 is 4.74 Å². The molecule has 0 radical (unpaired) electrons. The van der Waals surface area contributed by atoms with Crippen LogP contribution in [0.15, 0.2) is 48.5 Å². The maximum absolute atomic E-state index is 12.1. The molecule has 0 aliphatic heterocycles. The van der Waals surface area contributed by atoms with Crippen molar-refractivity contribution in [1.29, 1.82) is 0 Å². The Balaban J connectivity index is 1.66. The van der Waals surface area contributed by atoms with Gasteiger partial charge in [0.2, 0.25) is 0 Å². The molecule has 0 aliphatic rings. The second-order valence-corrected chi connectivity index (χ2v) is 14.8. The number of benzene rings is 2. The Kier molecular flexibility index (Phi) is 7.74. The van der Waals surface area contributed by atoms with Gasteiger partial charge < -0.3 is 19.6 Å². The van der Waals surface area contributed by atoms with Crippen molar-refractivity contribution in [2.24, 2.45) is 0 Å². The molecule has 0 aliphatic carbocycles. The number of nitrogens with one attached hydrogen (secondary N) is 1. The molecule has 3 aromatic rings. The second-order valence-electron chi connectivity index (χ2n) is 9.15. The highest BCUT2D eigenvalue weighted by molar-refractivity contribution is 6.76. The molecule has 1 heterocycles. The van der Waals surface area contributed by atoms with Crippen LogP contribution in [-0.4, -0.2) is 36.7 Å². The van der Waals surface area contributed by atoms with Crippen LogP contribution in [0.1, 0.15) is 34.5 Å². The SMILES string of the molecule is C[Si](C)(C)CCOC(=O)CCCc1c(C(=O)O)[nH]c2ccc(OCc3ccccc3)cc12. The fourth-order valence-corrected chi connectivity index (χ4v) is 4.17. The average Bonchev–Trinajstić information content (AvgIpc) is 3.10. The summed E-state index contributed by atoms with van der Waals surface area (Å²) < 4.78 is 11.3. The maximum atomic E-state index is 12.1. The molecule has 7 heteroatoms. The number of fused-ring (bicyclic) bond motifs is 1. The van der Waals surface area contributed by atoms with E-state index in [2.05, 4.69) is 24.6 Å². The lowest BCUT2D eigenvalue weighted by molar-refractivity contribution is -0.143. The van der Waals surface area contributed by atoms with Crippen molar-refractivity contribution in [3.8, 4) is 5.75 Å². The van der Waals surface area contributed by atoms with Gasteiger partial charge in [0.25, 0.3) is 0 Å². The van der Waals surface area contributed by atoms with Crippen LogP contribution in [0.4, 0.5) is 0 Å². The first-order valence-corrected chi connectivity index (χ1v) is 14.6. The third-order valence-corrected chi connectivity index (χ3v) is 6.97. The smallest absolute Gasteiger partial charge is 0.352 e. The van der Waals surface area contributed by atoms with E-state index in [0.29, 0.717) is 37.4 Å². The first-order valence-electron chi connectivity index (χ1n) is 10.9. The Morgan fingerprint density at radius 1 is 1.06 bits per heavy atom. The zero-order valence-electron chi connectivity index (χ0n) is 18.9. The minimum atomic E-state index is -1.24. The number of aryl methyl sites for hydroxylation is 1. The lowest BCUT2D eigenvalue weighted by atomic mass is 10.0. The van der Waals surface area contributed by atoms with Gasteiger partial charge >= 0.3 is 11.9 Å². The molecule has 32 heavy (non-hydrogen) atoms. The summed E-state index contributed by atoms with van der Waals surface area (Å²) >= 11 is 0. The summed E-state index contributed by atoms with van der Waals surface area (Å²) in [6, 6.07) is 16.3. The Morgan fingerprint density at radius 2 is 1.81 bits per heavy atom. The third-order valence-electron chi connectivity index (χ3n) is 5.26. The number of carboxylic acids is 1. The van der Waals surface area contributed by atoms with Gasteiger partial charge in [-0.15, -0.1) is 0 Å². The van der Waals surface area contributed by atoms with Crippen molar-refractivity contribution in [3.05, 3.63) is 65.4 Å². The summed E-state index contributed by atoms with van der Waals surface area (Å²) in [5, 5.41) is 10.4. The van der Waals surface area contributed by atoms with Crippen molar-refractivity contribution in [2.45, 2.75) is 51.6 Å². The van der Waals surface area contributed by atoms with E-state index >= 15 is 0 Å². The lowest BCUT2D eigenvalue weighted by Gasteiger charge is -2.15. The quantitative estimate of drug-likeness (QED) is 0.289. The molecule has 0 saturated carbocycles. The molecule has 2 aromatic carbocycles. The van der Waals surface area contributed by atoms with Crippen LogP contribution in [0, 0.1) is 0 Å². The Morgan fingerprint density at radius 3 is 2.50 bits per heavy atom. The van der Waals surface area contributed by atoms with Gasteiger partial charge in [0, 0.05) is 25.4 Å². The van der Waals surface area contributed by atoms with E-state index in [4.69, 9.17) is 9.47 Å². The Hall–Kier alpha value is -3.06. The molecule has 1 aromatic heterocycles. The average molecular weight is 454 g/mol. The van der Waals surface area contributed by atoms with Gasteiger partial charge in [-0.3, -0.25) is 4.79 Å². The molecule has 0 fully saturated rings. The first kappa shape index (κ1) is 23.6. The largest absolute Gasteiger partial charge is 0.489 e. The number of aromatic amines is 1. The molecule has 0 atom stereocenters. The molecule has 0 spiro atoms. The van der Waals surface area contributed by atoms with Gasteiger partial charge in [-0.25, -0.2) is 4.79 Å². The van der Waals surface area contributed by atoms with Gasteiger partial charge in [-0.05, 0) is 48.2 Å². The third kappa shape index (κ3) is 6.72. The topological polar surface area (TPSA) is 88.6 Å². The number of aromatic nitrogens is 1. The van der Waals surface area contributed by atoms with Gasteiger partial charge in [-0.1, -0.05) is 50.0 Å². The predicted molar refractivity (Wildman–Crippen MR) is 128 cm³/mol. The molecular weight excluding hydrogens is 422 g/mol. The van der Waals surface area contributed by atoms with Crippen LogP contribution in [0.3, 0.4) is 0 Å². The van der Waals surface area contributed by atoms with Crippen LogP contribution in [0.5, 0.6) is 5.75 Å². The number of carbonyl (C=O) groups excluding carboxylic acids is 1. The fourth-order valence-electron chi connectivity index (χ4n) is 3.45. The van der Waals surface area contributed by atoms with E-state index in [0.717, 1.165) is 22.5 Å². The van der Waals surface area contributed by atoms with Crippen LogP contribution in [-0.2, 0) is 22.6 Å². The molecule has 170 valence electrons. The van der Waals surface area contributed by atoms with Gasteiger partial charge in [0.1, 0.15) is 18.1 Å². The summed E-state index contributed by atoms with van der Waals surface area (Å²) in [5.74, 6) is -0.572. The van der Waals surface area contributed by atoms with E-state index in [-0.39, 0.29) is 18.1 Å². The predicted octanol–water partition coefficient (Wildman–Crippen LogP) is 5.65. The summed E-state index contributed by atoms with van der Waals surface area (Å²) in [6.45, 7) is 7.61. The normalized spacial score (nSPS) is 11.5. The van der Waals surface area contributed by atoms with Gasteiger partial charge in [0.05, 0.1) is 6.61 Å². The minimum absolute atomic E-state index is 0.160. The first-order chi connectivity index (χ1) is 15.2. The van der Waals surface area contributed by atoms with E-state index in [1.807, 2.05) is 48.5 Å². The number of hydrogen-bond acceptors (Lipinski definition) is 4. The fraction of sp³-hybridized carbons (Fsp3) is 0.360. The minimum Gasteiger partial charge on any atom is -0.489 e. The highest BCUT2D eigenvalue weighted by atomic mass is 28.3. The van der Waals surface area contributed by atoms with Crippen molar-refractivity contribution in [1.82, 2.24) is 4.98 Å². The zero-order chi connectivity index (χ0) is 23.1. The number of carbonyl (C=O) groups is 2. The molecule has 0 saturated heterocycles. The zero-order valence-corrected chi connectivity index (χ0v) is 19.9. The number of rotatable bonds is 11. The number of hydrogen-bond donors (Lipinski definition) is 2. The summed E-state index contributed by atoms with van der Waals surface area (Å²) in [5.41, 5.74) is 2.64. The second kappa shape index (κ2) is 10.5. The van der Waals surface area contributed by atoms with Gasteiger partial charge in [-0.2, -0.15) is 0 Å². The molecule has 0 bridgehead atoms. The molecule has 3 rings (SSSR count). The number of H-pyrrole nitrogens is 1. The molecule has 2 N–H and O–H groups in total. The highest BCUT2D eigenvalue weighted by Crippen LogP contribution is 2.28. The van der Waals surface area contributed by atoms with Crippen LogP contribution >= 0.6 is 0 Å². The van der Waals surface area contributed by atoms with E-state index in [9.17, 15) is 14.7 Å². The van der Waals surface area contributed by atoms with E-state index < -0.39 is 14.0 Å². The van der Waals surface area contributed by atoms with Crippen molar-refractivity contribution in [3.63, 3.8) is 0 Å². The van der Waals surface area contributed by atoms with Crippen LogP contribution in [0.25, 0.3) is 10.9 Å². The molecular formula is C25H31NO5Si. The standard InChI is InChI=1S/C25H31NO5Si/c1-32(2,3)15-14-30-23(27)11-7-10-20-21-16-19(31-17-18-8-5-4-6-9-18)12-13-22(21)26-24(20)25(28)29/h4-6,8-9,12-13,16,26H,7,10-11,14-15,17H2,1-3H3,(H,28,29). The molecule has 6 nitrogen and oxygen atoms in total.